The van der Waals surface area contributed by atoms with Crippen molar-refractivity contribution in [2.24, 2.45) is 5.92 Å². The highest BCUT2D eigenvalue weighted by Gasteiger charge is 2.29. The van der Waals surface area contributed by atoms with E-state index in [1.165, 1.54) is 18.8 Å². The standard InChI is InChI=1S/C26H30O5/c1-6-23(27)30-24-19-12-10-17(4)14-21(19)25(31-26(28)29-5)20-13-11-18(15-22(20)24)9-7-8-16(2)3/h6,8,10,12,14,18H,1,7,9,11,13,15H2,2-5H3. The Bertz CT molecular complexity index is 1040. The van der Waals surface area contributed by atoms with Crippen molar-refractivity contribution in [1.29, 1.82) is 0 Å². The summed E-state index contributed by atoms with van der Waals surface area (Å²) in [5.74, 6) is 0.997. The predicted molar refractivity (Wildman–Crippen MR) is 122 cm³/mol. The van der Waals surface area contributed by atoms with Crippen LogP contribution in [0.25, 0.3) is 10.8 Å². The quantitative estimate of drug-likeness (QED) is 0.181. The van der Waals surface area contributed by atoms with Gasteiger partial charge in [0.1, 0.15) is 11.5 Å². The van der Waals surface area contributed by atoms with Gasteiger partial charge in [0.2, 0.25) is 0 Å². The zero-order valence-corrected chi connectivity index (χ0v) is 18.7. The molecule has 1 atom stereocenters. The van der Waals surface area contributed by atoms with Gasteiger partial charge >= 0.3 is 12.1 Å². The van der Waals surface area contributed by atoms with Gasteiger partial charge in [-0.15, -0.1) is 0 Å². The summed E-state index contributed by atoms with van der Waals surface area (Å²) in [5.41, 5.74) is 4.17. The van der Waals surface area contributed by atoms with Crippen LogP contribution in [0, 0.1) is 12.8 Å². The molecular formula is C26H30O5. The van der Waals surface area contributed by atoms with E-state index in [0.29, 0.717) is 17.4 Å². The third-order valence-electron chi connectivity index (χ3n) is 5.72. The molecule has 0 aromatic heterocycles. The van der Waals surface area contributed by atoms with Crippen LogP contribution in [0.5, 0.6) is 11.5 Å². The van der Waals surface area contributed by atoms with E-state index in [0.717, 1.165) is 59.6 Å². The normalized spacial score (nSPS) is 15.0. The molecule has 0 saturated carbocycles. The topological polar surface area (TPSA) is 61.8 Å². The molecule has 0 saturated heterocycles. The van der Waals surface area contributed by atoms with Crippen LogP contribution in [-0.4, -0.2) is 19.2 Å². The first-order chi connectivity index (χ1) is 14.8. The van der Waals surface area contributed by atoms with Crippen molar-refractivity contribution in [2.75, 3.05) is 7.11 Å². The molecule has 0 radical (unpaired) electrons. The number of fused-ring (bicyclic) bond motifs is 2. The maximum absolute atomic E-state index is 12.2. The number of hydrogen-bond acceptors (Lipinski definition) is 5. The summed E-state index contributed by atoms with van der Waals surface area (Å²) < 4.78 is 16.2. The molecule has 0 N–H and O–H groups in total. The summed E-state index contributed by atoms with van der Waals surface area (Å²) in [4.78, 5) is 24.2. The van der Waals surface area contributed by atoms with Crippen molar-refractivity contribution in [3.8, 4) is 11.5 Å². The van der Waals surface area contributed by atoms with E-state index in [1.807, 2.05) is 25.1 Å². The number of aryl methyl sites for hydroxylation is 1. The molecule has 0 amide bonds. The lowest BCUT2D eigenvalue weighted by Crippen LogP contribution is -2.19. The highest BCUT2D eigenvalue weighted by atomic mass is 16.7. The van der Waals surface area contributed by atoms with E-state index in [4.69, 9.17) is 14.2 Å². The molecule has 5 nitrogen and oxygen atoms in total. The second-order valence-corrected chi connectivity index (χ2v) is 8.31. The lowest BCUT2D eigenvalue weighted by atomic mass is 9.79. The lowest BCUT2D eigenvalue weighted by Gasteiger charge is -2.29. The second-order valence-electron chi connectivity index (χ2n) is 8.31. The van der Waals surface area contributed by atoms with E-state index in [2.05, 4.69) is 26.5 Å². The van der Waals surface area contributed by atoms with Gasteiger partial charge in [0.05, 0.1) is 7.11 Å². The molecule has 31 heavy (non-hydrogen) atoms. The summed E-state index contributed by atoms with van der Waals surface area (Å²) in [6.45, 7) is 9.71. The Kier molecular flexibility index (Phi) is 7.16. The number of carbonyl (C=O) groups is 2. The van der Waals surface area contributed by atoms with Crippen molar-refractivity contribution >= 4 is 22.9 Å². The molecule has 164 valence electrons. The van der Waals surface area contributed by atoms with Crippen LogP contribution in [0.3, 0.4) is 0 Å². The maximum atomic E-state index is 12.2. The van der Waals surface area contributed by atoms with Gasteiger partial charge in [-0.25, -0.2) is 9.59 Å². The SMILES string of the molecule is C=CC(=O)Oc1c2c(c(OC(=O)OC)c3cc(C)ccc13)CCC(CCC=C(C)C)C2. The number of esters is 1. The zero-order chi connectivity index (χ0) is 22.5. The second kappa shape index (κ2) is 9.82. The van der Waals surface area contributed by atoms with Crippen LogP contribution < -0.4 is 9.47 Å². The summed E-state index contributed by atoms with van der Waals surface area (Å²) >= 11 is 0. The molecule has 2 aromatic carbocycles. The maximum Gasteiger partial charge on any atom is 0.513 e. The Morgan fingerprint density at radius 3 is 2.55 bits per heavy atom. The number of rotatable bonds is 6. The number of benzene rings is 2. The van der Waals surface area contributed by atoms with Gasteiger partial charge in [0.15, 0.2) is 0 Å². The van der Waals surface area contributed by atoms with E-state index in [-0.39, 0.29) is 0 Å². The van der Waals surface area contributed by atoms with E-state index in [1.54, 1.807) is 0 Å². The predicted octanol–water partition coefficient (Wildman–Crippen LogP) is 6.24. The van der Waals surface area contributed by atoms with Gasteiger partial charge in [0, 0.05) is 28.0 Å². The van der Waals surface area contributed by atoms with E-state index >= 15 is 0 Å². The highest BCUT2D eigenvalue weighted by Crippen LogP contribution is 2.46. The minimum atomic E-state index is -0.758. The molecule has 0 heterocycles. The highest BCUT2D eigenvalue weighted by molar-refractivity contribution is 5.99. The number of allylic oxidation sites excluding steroid dienone is 2. The van der Waals surface area contributed by atoms with Crippen LogP contribution in [0.15, 0.2) is 42.5 Å². The number of methoxy groups -OCH3 is 1. The zero-order valence-electron chi connectivity index (χ0n) is 18.7. The molecule has 0 aliphatic heterocycles. The van der Waals surface area contributed by atoms with Gasteiger partial charge in [-0.2, -0.15) is 0 Å². The Labute approximate surface area is 183 Å². The average Bonchev–Trinajstić information content (AvgIpc) is 2.75. The average molecular weight is 423 g/mol. The Hall–Kier alpha value is -3.08. The first kappa shape index (κ1) is 22.6. The third-order valence-corrected chi connectivity index (χ3v) is 5.72. The molecule has 0 bridgehead atoms. The molecule has 5 heteroatoms. The number of hydrogen-bond donors (Lipinski definition) is 0. The number of ether oxygens (including phenoxy) is 3. The summed E-state index contributed by atoms with van der Waals surface area (Å²) in [7, 11) is 1.29. The fraction of sp³-hybridized carbons (Fsp3) is 0.385. The van der Waals surface area contributed by atoms with Crippen LogP contribution in [0.4, 0.5) is 4.79 Å². The van der Waals surface area contributed by atoms with Crippen molar-refractivity contribution < 1.29 is 23.8 Å². The minimum Gasteiger partial charge on any atom is -0.437 e. The lowest BCUT2D eigenvalue weighted by molar-refractivity contribution is -0.128. The molecule has 0 fully saturated rings. The van der Waals surface area contributed by atoms with Gasteiger partial charge in [-0.05, 0) is 64.9 Å². The van der Waals surface area contributed by atoms with Crippen molar-refractivity contribution in [1.82, 2.24) is 0 Å². The van der Waals surface area contributed by atoms with Gasteiger partial charge < -0.3 is 14.2 Å². The summed E-state index contributed by atoms with van der Waals surface area (Å²) in [6, 6.07) is 5.81. The molecule has 1 unspecified atom stereocenters. The number of carbonyl (C=O) groups excluding carboxylic acids is 2. The van der Waals surface area contributed by atoms with Crippen molar-refractivity contribution in [2.45, 2.75) is 52.9 Å². The Morgan fingerprint density at radius 1 is 1.13 bits per heavy atom. The van der Waals surface area contributed by atoms with Gasteiger partial charge in [0.25, 0.3) is 0 Å². The fourth-order valence-corrected chi connectivity index (χ4v) is 4.22. The van der Waals surface area contributed by atoms with Crippen molar-refractivity contribution in [3.63, 3.8) is 0 Å². The first-order valence-electron chi connectivity index (χ1n) is 10.7. The molecule has 2 aromatic rings. The van der Waals surface area contributed by atoms with Crippen LogP contribution in [0.2, 0.25) is 0 Å². The van der Waals surface area contributed by atoms with E-state index in [9.17, 15) is 9.59 Å². The van der Waals surface area contributed by atoms with Gasteiger partial charge in [-0.1, -0.05) is 35.9 Å². The molecule has 1 aliphatic carbocycles. The Morgan fingerprint density at radius 2 is 1.87 bits per heavy atom. The smallest absolute Gasteiger partial charge is 0.437 e. The summed E-state index contributed by atoms with van der Waals surface area (Å²) in [6.07, 6.45) is 7.21. The minimum absolute atomic E-state index is 0.457. The van der Waals surface area contributed by atoms with Gasteiger partial charge in [-0.3, -0.25) is 0 Å². The third kappa shape index (κ3) is 5.16. The first-order valence-corrected chi connectivity index (χ1v) is 10.7. The molecule has 3 rings (SSSR count). The summed E-state index contributed by atoms with van der Waals surface area (Å²) in [5, 5.41) is 1.47. The van der Waals surface area contributed by atoms with Crippen LogP contribution in [-0.2, 0) is 22.4 Å². The monoisotopic (exact) mass is 422 g/mol. The van der Waals surface area contributed by atoms with Crippen molar-refractivity contribution in [3.05, 3.63) is 59.2 Å². The molecular weight excluding hydrogens is 392 g/mol. The Balaban J connectivity index is 2.16. The fourth-order valence-electron chi connectivity index (χ4n) is 4.22. The van der Waals surface area contributed by atoms with Crippen LogP contribution >= 0.6 is 0 Å². The van der Waals surface area contributed by atoms with E-state index < -0.39 is 12.1 Å². The molecule has 1 aliphatic rings. The largest absolute Gasteiger partial charge is 0.513 e. The molecule has 0 spiro atoms. The van der Waals surface area contributed by atoms with Crippen LogP contribution in [0.1, 0.15) is 49.8 Å².